The van der Waals surface area contributed by atoms with Gasteiger partial charge in [-0.05, 0) is 45.1 Å². The van der Waals surface area contributed by atoms with Gasteiger partial charge < -0.3 is 5.32 Å². The zero-order valence-corrected chi connectivity index (χ0v) is 11.6. The van der Waals surface area contributed by atoms with Crippen LogP contribution in [0.3, 0.4) is 0 Å². The molecule has 2 rings (SSSR count). The highest BCUT2D eigenvalue weighted by atomic mass is 16.1. The summed E-state index contributed by atoms with van der Waals surface area (Å²) in [6.07, 6.45) is 4.02. The van der Waals surface area contributed by atoms with Crippen LogP contribution in [-0.2, 0) is 11.3 Å². The van der Waals surface area contributed by atoms with Gasteiger partial charge in [-0.25, -0.2) is 0 Å². The van der Waals surface area contributed by atoms with Crippen LogP contribution < -0.4 is 5.32 Å². The Hall–Kier alpha value is -1.32. The van der Waals surface area contributed by atoms with Crippen molar-refractivity contribution in [2.75, 3.05) is 0 Å². The smallest absolute Gasteiger partial charge is 0.222 e. The fourth-order valence-corrected chi connectivity index (χ4v) is 2.75. The van der Waals surface area contributed by atoms with E-state index in [0.717, 1.165) is 30.1 Å². The number of rotatable bonds is 4. The van der Waals surface area contributed by atoms with E-state index in [0.29, 0.717) is 19.0 Å². The van der Waals surface area contributed by atoms with Crippen molar-refractivity contribution in [3.05, 3.63) is 17.5 Å². The second-order valence-electron chi connectivity index (χ2n) is 5.58. The van der Waals surface area contributed by atoms with Crippen molar-refractivity contribution in [2.24, 2.45) is 5.92 Å². The van der Waals surface area contributed by atoms with Crippen LogP contribution in [0, 0.1) is 19.8 Å². The summed E-state index contributed by atoms with van der Waals surface area (Å²) < 4.78 is 1.91. The Morgan fingerprint density at radius 3 is 2.83 bits per heavy atom. The molecule has 100 valence electrons. The van der Waals surface area contributed by atoms with Crippen molar-refractivity contribution < 1.29 is 4.79 Å². The summed E-state index contributed by atoms with van der Waals surface area (Å²) in [6.45, 7) is 6.93. The van der Waals surface area contributed by atoms with E-state index in [-0.39, 0.29) is 5.91 Å². The molecule has 0 radical (unpaired) electrons. The Morgan fingerprint density at radius 2 is 2.28 bits per heavy atom. The van der Waals surface area contributed by atoms with Crippen LogP contribution in [0.25, 0.3) is 0 Å². The number of amides is 1. The molecular weight excluding hydrogens is 226 g/mol. The molecule has 1 aliphatic carbocycles. The minimum absolute atomic E-state index is 0.154. The first-order valence-electron chi connectivity index (χ1n) is 6.85. The van der Waals surface area contributed by atoms with E-state index in [2.05, 4.69) is 17.3 Å². The summed E-state index contributed by atoms with van der Waals surface area (Å²) in [5.41, 5.74) is 2.13. The van der Waals surface area contributed by atoms with Gasteiger partial charge in [-0.2, -0.15) is 5.10 Å². The predicted molar refractivity (Wildman–Crippen MR) is 71.3 cm³/mol. The van der Waals surface area contributed by atoms with Gasteiger partial charge in [-0.15, -0.1) is 0 Å². The number of carbonyl (C=O) groups is 1. The van der Waals surface area contributed by atoms with E-state index < -0.39 is 0 Å². The number of aromatic nitrogens is 2. The molecule has 1 heterocycles. The summed E-state index contributed by atoms with van der Waals surface area (Å²) in [5, 5.41) is 7.49. The van der Waals surface area contributed by atoms with Crippen LogP contribution in [0.1, 0.15) is 44.0 Å². The molecule has 1 aliphatic rings. The van der Waals surface area contributed by atoms with Gasteiger partial charge in [-0.3, -0.25) is 9.48 Å². The maximum atomic E-state index is 11.8. The number of aryl methyl sites for hydroxylation is 3. The van der Waals surface area contributed by atoms with Crippen LogP contribution >= 0.6 is 0 Å². The van der Waals surface area contributed by atoms with Gasteiger partial charge >= 0.3 is 0 Å². The Labute approximate surface area is 109 Å². The predicted octanol–water partition coefficient (Wildman–Crippen LogP) is 2.19. The topological polar surface area (TPSA) is 46.9 Å². The largest absolute Gasteiger partial charge is 0.353 e. The Bertz CT molecular complexity index is 425. The standard InChI is InChI=1S/C14H23N3O/c1-10-4-5-13(8-10)15-14(18)6-7-17-12(3)9-11(2)16-17/h9-10,13H,4-8H2,1-3H3,(H,15,18). The van der Waals surface area contributed by atoms with E-state index in [9.17, 15) is 4.79 Å². The lowest BCUT2D eigenvalue weighted by molar-refractivity contribution is -0.122. The quantitative estimate of drug-likeness (QED) is 0.889. The molecule has 4 heteroatoms. The molecule has 4 nitrogen and oxygen atoms in total. The molecule has 1 saturated carbocycles. The maximum Gasteiger partial charge on any atom is 0.222 e. The average Bonchev–Trinajstić information content (AvgIpc) is 2.82. The fraction of sp³-hybridized carbons (Fsp3) is 0.714. The number of carbonyl (C=O) groups excluding carboxylic acids is 1. The van der Waals surface area contributed by atoms with Gasteiger partial charge in [0.25, 0.3) is 0 Å². The molecule has 0 saturated heterocycles. The first kappa shape index (κ1) is 13.1. The number of nitrogens with zero attached hydrogens (tertiary/aromatic N) is 2. The van der Waals surface area contributed by atoms with Gasteiger partial charge in [0.1, 0.15) is 0 Å². The van der Waals surface area contributed by atoms with Crippen LogP contribution in [0.2, 0.25) is 0 Å². The van der Waals surface area contributed by atoms with E-state index in [1.165, 1.54) is 6.42 Å². The van der Waals surface area contributed by atoms with Gasteiger partial charge in [0.05, 0.1) is 5.69 Å². The molecule has 0 spiro atoms. The highest BCUT2D eigenvalue weighted by Crippen LogP contribution is 2.24. The van der Waals surface area contributed by atoms with Crippen molar-refractivity contribution in [3.8, 4) is 0 Å². The zero-order chi connectivity index (χ0) is 13.1. The lowest BCUT2D eigenvalue weighted by Crippen LogP contribution is -2.33. The number of hydrogen-bond acceptors (Lipinski definition) is 2. The summed E-state index contributed by atoms with van der Waals surface area (Å²) >= 11 is 0. The average molecular weight is 249 g/mol. The van der Waals surface area contributed by atoms with Crippen molar-refractivity contribution in [2.45, 2.75) is 59.0 Å². The molecule has 1 fully saturated rings. The van der Waals surface area contributed by atoms with Crippen LogP contribution in [0.5, 0.6) is 0 Å². The normalized spacial score (nSPS) is 23.3. The minimum Gasteiger partial charge on any atom is -0.353 e. The molecule has 2 unspecified atom stereocenters. The molecule has 0 bridgehead atoms. The molecule has 1 N–H and O–H groups in total. The van der Waals surface area contributed by atoms with Crippen molar-refractivity contribution in [1.29, 1.82) is 0 Å². The summed E-state index contributed by atoms with van der Waals surface area (Å²) in [5.74, 6) is 0.910. The first-order valence-corrected chi connectivity index (χ1v) is 6.85. The first-order chi connectivity index (χ1) is 8.54. The third-order valence-corrected chi connectivity index (χ3v) is 3.71. The maximum absolute atomic E-state index is 11.8. The molecule has 1 aromatic rings. The van der Waals surface area contributed by atoms with E-state index >= 15 is 0 Å². The molecular formula is C14H23N3O. The summed E-state index contributed by atoms with van der Waals surface area (Å²) in [4.78, 5) is 11.8. The monoisotopic (exact) mass is 249 g/mol. The summed E-state index contributed by atoms with van der Waals surface area (Å²) in [7, 11) is 0. The molecule has 1 aromatic heterocycles. The van der Waals surface area contributed by atoms with Crippen LogP contribution in [0.4, 0.5) is 0 Å². The lowest BCUT2D eigenvalue weighted by Gasteiger charge is -2.12. The third-order valence-electron chi connectivity index (χ3n) is 3.71. The second-order valence-corrected chi connectivity index (χ2v) is 5.58. The second kappa shape index (κ2) is 5.55. The molecule has 0 aliphatic heterocycles. The van der Waals surface area contributed by atoms with E-state index in [4.69, 9.17) is 0 Å². The minimum atomic E-state index is 0.154. The SMILES string of the molecule is Cc1cc(C)n(CCC(=O)NC2CCC(C)C2)n1. The lowest BCUT2D eigenvalue weighted by atomic mass is 10.1. The number of nitrogens with one attached hydrogen (secondary N) is 1. The number of hydrogen-bond donors (Lipinski definition) is 1. The van der Waals surface area contributed by atoms with Gasteiger partial charge in [-0.1, -0.05) is 6.92 Å². The van der Waals surface area contributed by atoms with Crippen LogP contribution in [-0.4, -0.2) is 21.7 Å². The molecule has 1 amide bonds. The molecule has 0 aromatic carbocycles. The third kappa shape index (κ3) is 3.34. The van der Waals surface area contributed by atoms with Crippen molar-refractivity contribution in [3.63, 3.8) is 0 Å². The summed E-state index contributed by atoms with van der Waals surface area (Å²) in [6, 6.07) is 2.43. The Balaban J connectivity index is 1.76. The van der Waals surface area contributed by atoms with E-state index in [1.54, 1.807) is 0 Å². The van der Waals surface area contributed by atoms with Crippen molar-refractivity contribution in [1.82, 2.24) is 15.1 Å². The molecule has 2 atom stereocenters. The van der Waals surface area contributed by atoms with Crippen molar-refractivity contribution >= 4 is 5.91 Å². The highest BCUT2D eigenvalue weighted by Gasteiger charge is 2.22. The Morgan fingerprint density at radius 1 is 1.50 bits per heavy atom. The van der Waals surface area contributed by atoms with Crippen LogP contribution in [0.15, 0.2) is 6.07 Å². The fourth-order valence-electron chi connectivity index (χ4n) is 2.75. The highest BCUT2D eigenvalue weighted by molar-refractivity contribution is 5.76. The zero-order valence-electron chi connectivity index (χ0n) is 11.6. The Kier molecular flexibility index (Phi) is 4.04. The van der Waals surface area contributed by atoms with Gasteiger partial charge in [0.2, 0.25) is 5.91 Å². The van der Waals surface area contributed by atoms with E-state index in [1.807, 2.05) is 24.6 Å². The van der Waals surface area contributed by atoms with Gasteiger partial charge in [0, 0.05) is 24.7 Å². The van der Waals surface area contributed by atoms with Gasteiger partial charge in [0.15, 0.2) is 0 Å². The molecule has 18 heavy (non-hydrogen) atoms.